The molecule has 0 unspecified atom stereocenters. The number of fused-ring (bicyclic) bond motifs is 1. The molecule has 0 aliphatic rings. The molecule has 0 aliphatic carbocycles. The van der Waals surface area contributed by atoms with Gasteiger partial charge in [-0.25, -0.2) is 0 Å². The van der Waals surface area contributed by atoms with Crippen LogP contribution in [0.15, 0.2) is 47.3 Å². The second-order valence-electron chi connectivity index (χ2n) is 6.48. The Morgan fingerprint density at radius 2 is 1.96 bits per heavy atom. The van der Waals surface area contributed by atoms with E-state index in [1.807, 2.05) is 26.0 Å². The average molecular weight is 418 g/mol. The van der Waals surface area contributed by atoms with Crippen LogP contribution in [-0.4, -0.2) is 21.2 Å². The molecule has 1 aromatic heterocycles. The number of thioether (sulfide) groups is 1. The number of aromatic nitrogens is 1. The molecule has 0 saturated heterocycles. The molecule has 0 saturated carbocycles. The Bertz CT molecular complexity index is 1070. The fraction of sp³-hybridized carbons (Fsp3) is 0.263. The van der Waals surface area contributed by atoms with Crippen molar-refractivity contribution < 1.29 is 9.72 Å². The third kappa shape index (κ3) is 4.60. The molecule has 7 nitrogen and oxygen atoms in total. The molecule has 28 heavy (non-hydrogen) atoms. The van der Waals surface area contributed by atoms with Gasteiger partial charge in [-0.3, -0.25) is 24.3 Å². The molecule has 0 bridgehead atoms. The summed E-state index contributed by atoms with van der Waals surface area (Å²) in [6.45, 7) is 3.93. The van der Waals surface area contributed by atoms with Gasteiger partial charge < -0.3 is 5.32 Å². The first kappa shape index (κ1) is 20.1. The first-order valence-electron chi connectivity index (χ1n) is 8.61. The summed E-state index contributed by atoms with van der Waals surface area (Å²) in [6.07, 6.45) is 0. The summed E-state index contributed by atoms with van der Waals surface area (Å²) in [5.74, 6) is 0.712. The van der Waals surface area contributed by atoms with Gasteiger partial charge in [-0.15, -0.1) is 11.8 Å². The van der Waals surface area contributed by atoms with Crippen LogP contribution in [0.4, 0.5) is 11.4 Å². The van der Waals surface area contributed by atoms with Gasteiger partial charge >= 0.3 is 4.87 Å². The number of hydrogen-bond donors (Lipinski definition) is 1. The highest BCUT2D eigenvalue weighted by molar-refractivity contribution is 7.99. The third-order valence-corrected chi connectivity index (χ3v) is 5.98. The van der Waals surface area contributed by atoms with Crippen molar-refractivity contribution in [2.75, 3.05) is 11.1 Å². The van der Waals surface area contributed by atoms with Gasteiger partial charge in [0.15, 0.2) is 0 Å². The van der Waals surface area contributed by atoms with Gasteiger partial charge in [-0.05, 0) is 37.6 Å². The molecule has 0 fully saturated rings. The predicted molar refractivity (Wildman–Crippen MR) is 114 cm³/mol. The lowest BCUT2D eigenvalue weighted by Crippen LogP contribution is -2.15. The van der Waals surface area contributed by atoms with Crippen molar-refractivity contribution in [2.45, 2.75) is 25.6 Å². The molecule has 0 aliphatic heterocycles. The number of rotatable bonds is 7. The minimum absolute atomic E-state index is 0.00729. The van der Waals surface area contributed by atoms with E-state index in [0.29, 0.717) is 11.4 Å². The van der Waals surface area contributed by atoms with E-state index < -0.39 is 4.92 Å². The highest BCUT2D eigenvalue weighted by atomic mass is 32.2. The summed E-state index contributed by atoms with van der Waals surface area (Å²) in [6, 6.07) is 11.9. The van der Waals surface area contributed by atoms with E-state index in [9.17, 15) is 19.7 Å². The SMILES string of the molecule is CC(C)n1c(=O)sc2cc(NC(=O)CSCc3ccc([N+](=O)[O-])cc3)ccc21. The zero-order chi connectivity index (χ0) is 20.3. The van der Waals surface area contributed by atoms with Crippen LogP contribution in [0.3, 0.4) is 0 Å². The highest BCUT2D eigenvalue weighted by Gasteiger charge is 2.12. The van der Waals surface area contributed by atoms with Crippen molar-refractivity contribution in [3.05, 3.63) is 67.8 Å². The summed E-state index contributed by atoms with van der Waals surface area (Å²) in [5.41, 5.74) is 2.50. The van der Waals surface area contributed by atoms with Gasteiger partial charge in [0.1, 0.15) is 0 Å². The lowest BCUT2D eigenvalue weighted by molar-refractivity contribution is -0.384. The number of hydrogen-bond acceptors (Lipinski definition) is 6. The fourth-order valence-electron chi connectivity index (χ4n) is 2.78. The monoisotopic (exact) mass is 417 g/mol. The molecule has 0 radical (unpaired) electrons. The van der Waals surface area contributed by atoms with E-state index in [4.69, 9.17) is 0 Å². The molecule has 2 aromatic carbocycles. The Labute approximate surface area is 169 Å². The molecule has 9 heteroatoms. The number of nitrogens with zero attached hydrogens (tertiary/aromatic N) is 2. The van der Waals surface area contributed by atoms with E-state index in [2.05, 4.69) is 5.32 Å². The molecular weight excluding hydrogens is 398 g/mol. The van der Waals surface area contributed by atoms with E-state index in [1.165, 1.54) is 35.2 Å². The van der Waals surface area contributed by atoms with Crippen molar-refractivity contribution in [3.8, 4) is 0 Å². The van der Waals surface area contributed by atoms with Crippen LogP contribution in [-0.2, 0) is 10.5 Å². The van der Waals surface area contributed by atoms with Gasteiger partial charge in [0.05, 0.1) is 20.9 Å². The maximum atomic E-state index is 12.2. The molecule has 0 spiro atoms. The van der Waals surface area contributed by atoms with Gasteiger partial charge in [0, 0.05) is 29.6 Å². The Morgan fingerprint density at radius 1 is 1.25 bits per heavy atom. The number of non-ortho nitro benzene ring substituents is 1. The van der Waals surface area contributed by atoms with E-state index in [0.717, 1.165) is 15.8 Å². The summed E-state index contributed by atoms with van der Waals surface area (Å²) in [4.78, 5) is 34.5. The number of amides is 1. The maximum absolute atomic E-state index is 12.2. The Balaban J connectivity index is 1.57. The molecule has 1 amide bonds. The van der Waals surface area contributed by atoms with Crippen molar-refractivity contribution in [1.29, 1.82) is 0 Å². The molecule has 1 N–H and O–H groups in total. The number of carbonyl (C=O) groups excluding carboxylic acids is 1. The van der Waals surface area contributed by atoms with Crippen LogP contribution in [0.5, 0.6) is 0 Å². The average Bonchev–Trinajstić information content (AvgIpc) is 2.97. The van der Waals surface area contributed by atoms with Crippen LogP contribution in [0.2, 0.25) is 0 Å². The molecule has 1 heterocycles. The van der Waals surface area contributed by atoms with E-state index in [1.54, 1.807) is 22.8 Å². The first-order chi connectivity index (χ1) is 13.3. The summed E-state index contributed by atoms with van der Waals surface area (Å²) in [5, 5.41) is 13.5. The smallest absolute Gasteiger partial charge is 0.308 e. The van der Waals surface area contributed by atoms with E-state index in [-0.39, 0.29) is 28.3 Å². The minimum Gasteiger partial charge on any atom is -0.325 e. The topological polar surface area (TPSA) is 94.2 Å². The summed E-state index contributed by atoms with van der Waals surface area (Å²) in [7, 11) is 0. The van der Waals surface area contributed by atoms with Crippen LogP contribution in [0.1, 0.15) is 25.5 Å². The Kier molecular flexibility index (Phi) is 6.15. The lowest BCUT2D eigenvalue weighted by Gasteiger charge is -2.08. The van der Waals surface area contributed by atoms with Crippen molar-refractivity contribution in [3.63, 3.8) is 0 Å². The molecule has 3 rings (SSSR count). The van der Waals surface area contributed by atoms with Gasteiger partial charge in [0.2, 0.25) is 5.91 Å². The van der Waals surface area contributed by atoms with Gasteiger partial charge in [-0.2, -0.15) is 0 Å². The summed E-state index contributed by atoms with van der Waals surface area (Å²) >= 11 is 2.60. The van der Waals surface area contributed by atoms with Crippen molar-refractivity contribution in [2.24, 2.45) is 0 Å². The zero-order valence-electron chi connectivity index (χ0n) is 15.4. The Morgan fingerprint density at radius 3 is 2.61 bits per heavy atom. The minimum atomic E-state index is -0.437. The Hall–Kier alpha value is -2.65. The van der Waals surface area contributed by atoms with E-state index >= 15 is 0 Å². The second-order valence-corrected chi connectivity index (χ2v) is 8.46. The largest absolute Gasteiger partial charge is 0.325 e. The maximum Gasteiger partial charge on any atom is 0.308 e. The normalized spacial score (nSPS) is 11.1. The molecule has 3 aromatic rings. The summed E-state index contributed by atoms with van der Waals surface area (Å²) < 4.78 is 2.58. The van der Waals surface area contributed by atoms with Crippen LogP contribution in [0, 0.1) is 10.1 Å². The van der Waals surface area contributed by atoms with Crippen LogP contribution < -0.4 is 10.2 Å². The lowest BCUT2D eigenvalue weighted by atomic mass is 10.2. The number of anilines is 1. The molecule has 146 valence electrons. The fourth-order valence-corrected chi connectivity index (χ4v) is 4.62. The quantitative estimate of drug-likeness (QED) is 0.453. The van der Waals surface area contributed by atoms with Crippen molar-refractivity contribution >= 4 is 50.6 Å². The predicted octanol–water partition coefficient (Wildman–Crippen LogP) is 4.42. The second kappa shape index (κ2) is 8.57. The number of benzene rings is 2. The highest BCUT2D eigenvalue weighted by Crippen LogP contribution is 2.24. The number of carbonyl (C=O) groups is 1. The molecular formula is C19H19N3O4S2. The standard InChI is InChI=1S/C19H19N3O4S2/c1-12(2)21-16-8-5-14(9-17(16)28-19(21)24)20-18(23)11-27-10-13-3-6-15(7-4-13)22(25)26/h3-9,12H,10-11H2,1-2H3,(H,20,23). The van der Waals surface area contributed by atoms with Crippen molar-refractivity contribution in [1.82, 2.24) is 4.57 Å². The number of nitro groups is 1. The third-order valence-electron chi connectivity index (χ3n) is 4.06. The molecule has 0 atom stereocenters. The van der Waals surface area contributed by atoms with Crippen LogP contribution in [0.25, 0.3) is 10.2 Å². The number of thiazole rings is 1. The number of nitro benzene ring substituents is 1. The van der Waals surface area contributed by atoms with Gasteiger partial charge in [-0.1, -0.05) is 23.5 Å². The first-order valence-corrected chi connectivity index (χ1v) is 10.6. The zero-order valence-corrected chi connectivity index (χ0v) is 17.0. The number of nitrogens with one attached hydrogen (secondary N) is 1. The van der Waals surface area contributed by atoms with Crippen LogP contribution >= 0.6 is 23.1 Å². The van der Waals surface area contributed by atoms with Gasteiger partial charge in [0.25, 0.3) is 5.69 Å².